The summed E-state index contributed by atoms with van der Waals surface area (Å²) in [7, 11) is 0. The maximum Gasteiger partial charge on any atom is 0.327 e. The summed E-state index contributed by atoms with van der Waals surface area (Å²) in [5, 5.41) is 9.12. The summed E-state index contributed by atoms with van der Waals surface area (Å²) in [6, 6.07) is 4.80. The SMILES string of the molecule is O=C(O)Cn1c(=O)[nH]c2cc(Cl)ccc21. The quantitative estimate of drug-likeness (QED) is 0.804. The van der Waals surface area contributed by atoms with Crippen molar-refractivity contribution in [3.8, 4) is 0 Å². The number of aromatic amines is 1. The molecule has 15 heavy (non-hydrogen) atoms. The molecule has 1 aromatic heterocycles. The Balaban J connectivity index is 2.68. The second kappa shape index (κ2) is 3.43. The second-order valence-corrected chi connectivity index (χ2v) is 3.51. The van der Waals surface area contributed by atoms with Crippen LogP contribution in [-0.2, 0) is 11.3 Å². The van der Waals surface area contributed by atoms with E-state index in [9.17, 15) is 9.59 Å². The molecule has 1 heterocycles. The lowest BCUT2D eigenvalue weighted by atomic mass is 10.3. The fraction of sp³-hybridized carbons (Fsp3) is 0.111. The third kappa shape index (κ3) is 1.73. The smallest absolute Gasteiger partial charge is 0.327 e. The van der Waals surface area contributed by atoms with Crippen LogP contribution in [-0.4, -0.2) is 20.6 Å². The topological polar surface area (TPSA) is 75.1 Å². The number of benzene rings is 1. The Morgan fingerprint density at radius 2 is 2.27 bits per heavy atom. The first-order valence-corrected chi connectivity index (χ1v) is 4.55. The first kappa shape index (κ1) is 9.79. The van der Waals surface area contributed by atoms with Gasteiger partial charge in [0.2, 0.25) is 0 Å². The van der Waals surface area contributed by atoms with Crippen LogP contribution >= 0.6 is 11.6 Å². The van der Waals surface area contributed by atoms with Crippen LogP contribution in [0.15, 0.2) is 23.0 Å². The summed E-state index contributed by atoms with van der Waals surface area (Å²) in [5.74, 6) is -1.06. The van der Waals surface area contributed by atoms with Crippen LogP contribution in [0.25, 0.3) is 11.0 Å². The molecule has 0 amide bonds. The predicted octanol–water partition coefficient (Wildman–Crippen LogP) is 1.07. The van der Waals surface area contributed by atoms with Crippen LogP contribution in [0.1, 0.15) is 0 Å². The van der Waals surface area contributed by atoms with Crippen LogP contribution in [0.2, 0.25) is 5.02 Å². The van der Waals surface area contributed by atoms with Crippen molar-refractivity contribution in [3.63, 3.8) is 0 Å². The molecule has 0 atom stereocenters. The fourth-order valence-corrected chi connectivity index (χ4v) is 1.60. The van der Waals surface area contributed by atoms with E-state index in [0.717, 1.165) is 4.57 Å². The largest absolute Gasteiger partial charge is 0.480 e. The highest BCUT2D eigenvalue weighted by Gasteiger charge is 2.09. The van der Waals surface area contributed by atoms with Crippen LogP contribution in [0.5, 0.6) is 0 Å². The highest BCUT2D eigenvalue weighted by Crippen LogP contribution is 2.16. The van der Waals surface area contributed by atoms with Gasteiger partial charge in [0.05, 0.1) is 11.0 Å². The van der Waals surface area contributed by atoms with Crippen LogP contribution in [0.3, 0.4) is 0 Å². The molecule has 0 radical (unpaired) electrons. The number of nitrogens with zero attached hydrogens (tertiary/aromatic N) is 1. The van der Waals surface area contributed by atoms with E-state index in [1.165, 1.54) is 0 Å². The Labute approximate surface area is 88.9 Å². The zero-order valence-corrected chi connectivity index (χ0v) is 8.28. The van der Waals surface area contributed by atoms with E-state index in [1.54, 1.807) is 18.2 Å². The number of fused-ring (bicyclic) bond motifs is 1. The first-order valence-electron chi connectivity index (χ1n) is 4.18. The zero-order chi connectivity index (χ0) is 11.0. The molecule has 0 aliphatic carbocycles. The predicted molar refractivity (Wildman–Crippen MR) is 55.2 cm³/mol. The minimum Gasteiger partial charge on any atom is -0.480 e. The summed E-state index contributed by atoms with van der Waals surface area (Å²) < 4.78 is 1.15. The normalized spacial score (nSPS) is 10.7. The van der Waals surface area contributed by atoms with Gasteiger partial charge in [0.15, 0.2) is 0 Å². The summed E-state index contributed by atoms with van der Waals surface area (Å²) in [4.78, 5) is 24.4. The van der Waals surface area contributed by atoms with Gasteiger partial charge in [0.25, 0.3) is 0 Å². The number of carboxylic acid groups (broad SMARTS) is 1. The molecule has 0 aliphatic heterocycles. The average Bonchev–Trinajstić information content (AvgIpc) is 2.41. The molecule has 78 valence electrons. The number of carbonyl (C=O) groups is 1. The number of imidazole rings is 1. The second-order valence-electron chi connectivity index (χ2n) is 3.07. The number of hydrogen-bond donors (Lipinski definition) is 2. The standard InChI is InChI=1S/C9H7ClN2O3/c10-5-1-2-7-6(3-5)11-9(15)12(7)4-8(13)14/h1-3H,4H2,(H,11,15)(H,13,14). The number of halogens is 1. The average molecular weight is 227 g/mol. The lowest BCUT2D eigenvalue weighted by Gasteiger charge is -1.98. The number of aliphatic carboxylic acids is 1. The molecule has 1 aromatic carbocycles. The van der Waals surface area contributed by atoms with Crippen LogP contribution in [0, 0.1) is 0 Å². The highest BCUT2D eigenvalue weighted by atomic mass is 35.5. The van der Waals surface area contributed by atoms with Crippen LogP contribution < -0.4 is 5.69 Å². The third-order valence-corrected chi connectivity index (χ3v) is 2.26. The van der Waals surface area contributed by atoms with Gasteiger partial charge in [-0.25, -0.2) is 4.79 Å². The van der Waals surface area contributed by atoms with Gasteiger partial charge in [0, 0.05) is 5.02 Å². The zero-order valence-electron chi connectivity index (χ0n) is 7.53. The molecule has 2 rings (SSSR count). The highest BCUT2D eigenvalue weighted by molar-refractivity contribution is 6.31. The van der Waals surface area contributed by atoms with Crippen molar-refractivity contribution in [2.24, 2.45) is 0 Å². The Kier molecular flexibility index (Phi) is 2.24. The number of H-pyrrole nitrogens is 1. The molecule has 0 fully saturated rings. The molecular formula is C9H7ClN2O3. The maximum absolute atomic E-state index is 11.4. The summed E-state index contributed by atoms with van der Waals surface area (Å²) in [6.07, 6.45) is 0. The number of aromatic nitrogens is 2. The fourth-order valence-electron chi connectivity index (χ4n) is 1.43. The molecule has 5 nitrogen and oxygen atoms in total. The number of carboxylic acids is 1. The molecule has 0 unspecified atom stereocenters. The maximum atomic E-state index is 11.4. The Hall–Kier alpha value is -1.75. The van der Waals surface area contributed by atoms with Gasteiger partial charge in [0.1, 0.15) is 6.54 Å². The van der Waals surface area contributed by atoms with E-state index in [2.05, 4.69) is 4.98 Å². The summed E-state index contributed by atoms with van der Waals surface area (Å²) in [5.41, 5.74) is 0.621. The molecular weight excluding hydrogens is 220 g/mol. The van der Waals surface area contributed by atoms with Gasteiger partial charge in [-0.2, -0.15) is 0 Å². The Bertz CT molecular complexity index is 585. The molecule has 0 saturated heterocycles. The minimum atomic E-state index is -1.06. The Morgan fingerprint density at radius 3 is 2.93 bits per heavy atom. The minimum absolute atomic E-state index is 0.361. The van der Waals surface area contributed by atoms with Crippen molar-refractivity contribution in [2.75, 3.05) is 0 Å². The third-order valence-electron chi connectivity index (χ3n) is 2.03. The number of nitrogens with one attached hydrogen (secondary N) is 1. The Morgan fingerprint density at radius 1 is 1.53 bits per heavy atom. The van der Waals surface area contributed by atoms with Gasteiger partial charge in [-0.15, -0.1) is 0 Å². The number of hydrogen-bond acceptors (Lipinski definition) is 2. The van der Waals surface area contributed by atoms with E-state index >= 15 is 0 Å². The first-order chi connectivity index (χ1) is 7.08. The van der Waals surface area contributed by atoms with Gasteiger partial charge in [-0.3, -0.25) is 9.36 Å². The van der Waals surface area contributed by atoms with E-state index < -0.39 is 11.7 Å². The monoisotopic (exact) mass is 226 g/mol. The number of rotatable bonds is 2. The molecule has 0 saturated carbocycles. The van der Waals surface area contributed by atoms with E-state index in [0.29, 0.717) is 16.1 Å². The van der Waals surface area contributed by atoms with E-state index in [1.807, 2.05) is 0 Å². The van der Waals surface area contributed by atoms with Gasteiger partial charge in [-0.1, -0.05) is 11.6 Å². The van der Waals surface area contributed by atoms with Gasteiger partial charge < -0.3 is 10.1 Å². The van der Waals surface area contributed by atoms with Crippen molar-refractivity contribution in [2.45, 2.75) is 6.54 Å². The van der Waals surface area contributed by atoms with Crippen molar-refractivity contribution >= 4 is 28.6 Å². The molecule has 0 bridgehead atoms. The van der Waals surface area contributed by atoms with Crippen molar-refractivity contribution < 1.29 is 9.90 Å². The summed E-state index contributed by atoms with van der Waals surface area (Å²) >= 11 is 5.74. The van der Waals surface area contributed by atoms with Crippen molar-refractivity contribution in [1.82, 2.24) is 9.55 Å². The molecule has 0 aliphatic rings. The molecule has 0 spiro atoms. The molecule has 2 N–H and O–H groups in total. The lowest BCUT2D eigenvalue weighted by Crippen LogP contribution is -2.21. The lowest BCUT2D eigenvalue weighted by molar-refractivity contribution is -0.137. The van der Waals surface area contributed by atoms with Gasteiger partial charge in [-0.05, 0) is 18.2 Å². The van der Waals surface area contributed by atoms with Crippen molar-refractivity contribution in [1.29, 1.82) is 0 Å². The molecule has 2 aromatic rings. The van der Waals surface area contributed by atoms with E-state index in [-0.39, 0.29) is 6.54 Å². The van der Waals surface area contributed by atoms with Gasteiger partial charge >= 0.3 is 11.7 Å². The van der Waals surface area contributed by atoms with E-state index in [4.69, 9.17) is 16.7 Å². The molecule has 6 heteroatoms. The van der Waals surface area contributed by atoms with Crippen LogP contribution in [0.4, 0.5) is 0 Å². The summed E-state index contributed by atoms with van der Waals surface area (Å²) in [6.45, 7) is -0.361. The van der Waals surface area contributed by atoms with Crippen molar-refractivity contribution in [3.05, 3.63) is 33.7 Å².